The van der Waals surface area contributed by atoms with Gasteiger partial charge in [0.15, 0.2) is 4.34 Å². The highest BCUT2D eigenvalue weighted by atomic mass is 79.9. The zero-order valence-electron chi connectivity index (χ0n) is 15.2. The van der Waals surface area contributed by atoms with E-state index in [1.165, 1.54) is 11.8 Å². The van der Waals surface area contributed by atoms with E-state index in [0.29, 0.717) is 11.5 Å². The van der Waals surface area contributed by atoms with E-state index in [2.05, 4.69) is 27.0 Å². The molecule has 0 unspecified atom stereocenters. The highest BCUT2D eigenvalue weighted by Crippen LogP contribution is 2.34. The van der Waals surface area contributed by atoms with Gasteiger partial charge in [0.25, 0.3) is 0 Å². The lowest BCUT2D eigenvalue weighted by Gasteiger charge is -2.07. The summed E-state index contributed by atoms with van der Waals surface area (Å²) in [6.07, 6.45) is 1.86. The lowest BCUT2D eigenvalue weighted by Crippen LogP contribution is -1.95. The van der Waals surface area contributed by atoms with Crippen LogP contribution in [-0.2, 0) is 6.61 Å². The van der Waals surface area contributed by atoms with Gasteiger partial charge in [0, 0.05) is 4.47 Å². The number of halogens is 1. The molecule has 4 aromatic rings. The number of nitriles is 1. The van der Waals surface area contributed by atoms with Crippen LogP contribution in [0.3, 0.4) is 0 Å². The maximum absolute atomic E-state index is 9.57. The van der Waals surface area contributed by atoms with Gasteiger partial charge in [-0.25, -0.2) is 4.98 Å². The average Bonchev–Trinajstić information content (AvgIpc) is 3.15. The van der Waals surface area contributed by atoms with Crippen molar-refractivity contribution in [2.24, 2.45) is 0 Å². The molecule has 0 N–H and O–H groups in total. The molecule has 0 saturated carbocycles. The summed E-state index contributed by atoms with van der Waals surface area (Å²) in [4.78, 5) is 5.18. The van der Waals surface area contributed by atoms with E-state index in [-0.39, 0.29) is 0 Å². The van der Waals surface area contributed by atoms with E-state index < -0.39 is 0 Å². The molecule has 0 bridgehead atoms. The quantitative estimate of drug-likeness (QED) is 0.215. The first kappa shape index (κ1) is 19.7. The minimum absolute atomic E-state index is 0.492. The molecule has 1 heterocycles. The van der Waals surface area contributed by atoms with Gasteiger partial charge >= 0.3 is 0 Å². The van der Waals surface area contributed by atoms with Crippen LogP contribution in [0.5, 0.6) is 5.75 Å². The molecule has 0 atom stereocenters. The number of para-hydroxylation sites is 1. The van der Waals surface area contributed by atoms with Crippen molar-refractivity contribution in [1.82, 2.24) is 4.98 Å². The van der Waals surface area contributed by atoms with Crippen molar-refractivity contribution < 1.29 is 4.74 Å². The molecule has 0 spiro atoms. The molecule has 0 aliphatic heterocycles. The third-order valence-corrected chi connectivity index (χ3v) is 6.61. The number of hydrogen-bond donors (Lipinski definition) is 0. The van der Waals surface area contributed by atoms with Crippen molar-refractivity contribution >= 4 is 55.3 Å². The first-order valence-electron chi connectivity index (χ1n) is 8.82. The molecule has 142 valence electrons. The Labute approximate surface area is 185 Å². The predicted octanol–water partition coefficient (Wildman–Crippen LogP) is 7.29. The molecule has 1 aromatic heterocycles. The summed E-state index contributed by atoms with van der Waals surface area (Å²) in [5.74, 6) is 0.768. The Kier molecular flexibility index (Phi) is 6.30. The second kappa shape index (κ2) is 9.27. The first-order chi connectivity index (χ1) is 14.2. The van der Waals surface area contributed by atoms with Gasteiger partial charge in [-0.3, -0.25) is 0 Å². The van der Waals surface area contributed by atoms with E-state index in [1.807, 2.05) is 78.9 Å². The van der Waals surface area contributed by atoms with Crippen molar-refractivity contribution in [1.29, 1.82) is 5.26 Å². The van der Waals surface area contributed by atoms with E-state index in [0.717, 1.165) is 35.9 Å². The van der Waals surface area contributed by atoms with Crippen LogP contribution in [0.4, 0.5) is 0 Å². The Hall–Kier alpha value is -2.59. The Bertz CT molecular complexity index is 1180. The van der Waals surface area contributed by atoms with Crippen LogP contribution in [0.15, 0.2) is 86.5 Å². The summed E-state index contributed by atoms with van der Waals surface area (Å²) in [6, 6.07) is 26.1. The number of fused-ring (bicyclic) bond motifs is 1. The maximum atomic E-state index is 9.57. The number of rotatable bonds is 6. The molecular weight excluding hydrogens is 464 g/mol. The molecule has 0 amide bonds. The third-order valence-electron chi connectivity index (χ3n) is 4.06. The van der Waals surface area contributed by atoms with Crippen molar-refractivity contribution in [3.63, 3.8) is 0 Å². The van der Waals surface area contributed by atoms with E-state index in [1.54, 1.807) is 11.3 Å². The Balaban J connectivity index is 1.47. The van der Waals surface area contributed by atoms with Crippen molar-refractivity contribution in [2.75, 3.05) is 0 Å². The number of aromatic nitrogens is 1. The second-order valence-electron chi connectivity index (χ2n) is 6.16. The number of nitrogens with zero attached hydrogens (tertiary/aromatic N) is 2. The highest BCUT2D eigenvalue weighted by Gasteiger charge is 2.07. The van der Waals surface area contributed by atoms with E-state index >= 15 is 0 Å². The number of benzene rings is 3. The molecule has 6 heteroatoms. The van der Waals surface area contributed by atoms with Gasteiger partial charge in [-0.1, -0.05) is 52.3 Å². The fourth-order valence-corrected chi connectivity index (χ4v) is 4.91. The minimum atomic E-state index is 0.492. The van der Waals surface area contributed by atoms with Crippen LogP contribution < -0.4 is 4.74 Å². The van der Waals surface area contributed by atoms with Crippen molar-refractivity contribution in [3.8, 4) is 11.8 Å². The number of hydrogen-bond acceptors (Lipinski definition) is 5. The maximum Gasteiger partial charge on any atom is 0.156 e. The van der Waals surface area contributed by atoms with E-state index in [9.17, 15) is 5.26 Å². The van der Waals surface area contributed by atoms with Crippen molar-refractivity contribution in [2.45, 2.75) is 10.9 Å². The van der Waals surface area contributed by atoms with Gasteiger partial charge in [-0.05, 0) is 65.4 Å². The molecule has 3 nitrogen and oxygen atoms in total. The number of thioether (sulfide) groups is 1. The van der Waals surface area contributed by atoms with Crippen molar-refractivity contribution in [3.05, 3.63) is 93.3 Å². The average molecular weight is 479 g/mol. The Morgan fingerprint density at radius 3 is 2.72 bits per heavy atom. The fourth-order valence-electron chi connectivity index (χ4n) is 2.67. The predicted molar refractivity (Wildman–Crippen MR) is 124 cm³/mol. The molecule has 3 aromatic carbocycles. The van der Waals surface area contributed by atoms with E-state index in [4.69, 9.17) is 4.74 Å². The van der Waals surface area contributed by atoms with Gasteiger partial charge in [-0.2, -0.15) is 5.26 Å². The lowest BCUT2D eigenvalue weighted by molar-refractivity contribution is 0.306. The molecule has 0 saturated heterocycles. The summed E-state index contributed by atoms with van der Waals surface area (Å²) >= 11 is 6.42. The minimum Gasteiger partial charge on any atom is -0.489 e. The summed E-state index contributed by atoms with van der Waals surface area (Å²) in [7, 11) is 0. The third kappa shape index (κ3) is 5.27. The van der Waals surface area contributed by atoms with Crippen LogP contribution in [0.25, 0.3) is 16.3 Å². The van der Waals surface area contributed by atoms with Gasteiger partial charge in [0.05, 0.1) is 15.1 Å². The zero-order valence-corrected chi connectivity index (χ0v) is 18.4. The largest absolute Gasteiger partial charge is 0.489 e. The topological polar surface area (TPSA) is 45.9 Å². The van der Waals surface area contributed by atoms with Crippen LogP contribution in [0, 0.1) is 11.3 Å². The first-order valence-corrected chi connectivity index (χ1v) is 11.2. The molecule has 4 rings (SSSR count). The highest BCUT2D eigenvalue weighted by molar-refractivity contribution is 9.10. The normalized spacial score (nSPS) is 11.4. The van der Waals surface area contributed by atoms with Gasteiger partial charge in [-0.15, -0.1) is 11.3 Å². The SMILES string of the molecule is N#CC(=Cc1cccc(OCc2ccc(Br)cc2)c1)Sc1nc2ccccc2s1. The second-order valence-corrected chi connectivity index (χ2v) is 9.39. The summed E-state index contributed by atoms with van der Waals surface area (Å²) < 4.78 is 8.93. The smallest absolute Gasteiger partial charge is 0.156 e. The number of thiazole rings is 1. The standard InChI is InChI=1S/C23H15BrN2OS2/c24-18-10-8-16(9-11-18)15-27-19-5-3-4-17(12-19)13-20(14-25)28-23-26-21-6-1-2-7-22(21)29-23/h1-13H,15H2. The molecule has 0 fully saturated rings. The number of allylic oxidation sites excluding steroid dienone is 1. The monoisotopic (exact) mass is 478 g/mol. The molecule has 0 aliphatic carbocycles. The summed E-state index contributed by atoms with van der Waals surface area (Å²) in [6.45, 7) is 0.492. The molecular formula is C23H15BrN2OS2. The molecule has 29 heavy (non-hydrogen) atoms. The fraction of sp³-hybridized carbons (Fsp3) is 0.0435. The number of ether oxygens (including phenoxy) is 1. The van der Waals surface area contributed by atoms with Crippen LogP contribution >= 0.6 is 39.0 Å². The van der Waals surface area contributed by atoms with Crippen LogP contribution in [0.2, 0.25) is 0 Å². The van der Waals surface area contributed by atoms with Crippen LogP contribution in [0.1, 0.15) is 11.1 Å². The van der Waals surface area contributed by atoms with Gasteiger partial charge in [0.1, 0.15) is 18.4 Å². The van der Waals surface area contributed by atoms with Crippen LogP contribution in [-0.4, -0.2) is 4.98 Å². The Morgan fingerprint density at radius 2 is 1.93 bits per heavy atom. The zero-order chi connectivity index (χ0) is 20.1. The van der Waals surface area contributed by atoms with Gasteiger partial charge < -0.3 is 4.74 Å². The molecule has 0 radical (unpaired) electrons. The lowest BCUT2D eigenvalue weighted by atomic mass is 10.2. The summed E-state index contributed by atoms with van der Waals surface area (Å²) in [5, 5.41) is 9.57. The summed E-state index contributed by atoms with van der Waals surface area (Å²) in [5.41, 5.74) is 2.97. The Morgan fingerprint density at radius 1 is 1.10 bits per heavy atom. The van der Waals surface area contributed by atoms with Gasteiger partial charge in [0.2, 0.25) is 0 Å². The molecule has 0 aliphatic rings.